The number of hydrogen-bond donors (Lipinski definition) is 1. The van der Waals surface area contributed by atoms with Crippen LogP contribution in [0.4, 0.5) is 0 Å². The normalized spacial score (nSPS) is 35.7. The van der Waals surface area contributed by atoms with Crippen molar-refractivity contribution in [2.45, 2.75) is 38.3 Å². The van der Waals surface area contributed by atoms with E-state index >= 15 is 0 Å². The molecule has 0 bridgehead atoms. The molecule has 0 radical (unpaired) electrons. The highest BCUT2D eigenvalue weighted by Gasteiger charge is 2.29. The van der Waals surface area contributed by atoms with Crippen molar-refractivity contribution < 1.29 is 0 Å². The molecule has 1 aliphatic heterocycles. The molecule has 2 rings (SSSR count). The van der Waals surface area contributed by atoms with Gasteiger partial charge in [-0.1, -0.05) is 0 Å². The van der Waals surface area contributed by atoms with E-state index in [1.54, 1.807) is 11.3 Å². The SMILES string of the molecule is CC1CC(c2cncs2)C(C)N1. The van der Waals surface area contributed by atoms with Crippen LogP contribution in [0, 0.1) is 0 Å². The van der Waals surface area contributed by atoms with E-state index in [1.165, 1.54) is 11.3 Å². The Balaban J connectivity index is 2.15. The Hall–Kier alpha value is -0.410. The lowest BCUT2D eigenvalue weighted by molar-refractivity contribution is 0.578. The quantitative estimate of drug-likeness (QED) is 0.718. The van der Waals surface area contributed by atoms with Gasteiger partial charge in [0.1, 0.15) is 0 Å². The second-order valence-electron chi connectivity index (χ2n) is 3.60. The van der Waals surface area contributed by atoms with Crippen molar-refractivity contribution in [1.82, 2.24) is 10.3 Å². The van der Waals surface area contributed by atoms with Gasteiger partial charge in [-0.2, -0.15) is 0 Å². The van der Waals surface area contributed by atoms with Crippen LogP contribution in [0.25, 0.3) is 0 Å². The van der Waals surface area contributed by atoms with Gasteiger partial charge in [0.25, 0.3) is 0 Å². The second-order valence-corrected chi connectivity index (χ2v) is 4.52. The summed E-state index contributed by atoms with van der Waals surface area (Å²) in [7, 11) is 0. The first-order valence-electron chi connectivity index (χ1n) is 4.42. The topological polar surface area (TPSA) is 24.9 Å². The maximum absolute atomic E-state index is 4.12. The van der Waals surface area contributed by atoms with E-state index < -0.39 is 0 Å². The Morgan fingerprint density at radius 3 is 2.92 bits per heavy atom. The van der Waals surface area contributed by atoms with Gasteiger partial charge >= 0.3 is 0 Å². The first-order valence-corrected chi connectivity index (χ1v) is 5.30. The molecule has 1 N–H and O–H groups in total. The standard InChI is InChI=1S/C9H14N2S/c1-6-3-8(7(2)11-6)9-4-10-5-12-9/h4-8,11H,3H2,1-2H3. The molecule has 1 aliphatic rings. The molecule has 1 aromatic heterocycles. The predicted molar refractivity (Wildman–Crippen MR) is 51.5 cm³/mol. The number of nitrogens with zero attached hydrogens (tertiary/aromatic N) is 1. The molecule has 0 spiro atoms. The molecule has 0 aromatic carbocycles. The monoisotopic (exact) mass is 182 g/mol. The van der Waals surface area contributed by atoms with Crippen molar-refractivity contribution in [3.05, 3.63) is 16.6 Å². The summed E-state index contributed by atoms with van der Waals surface area (Å²) in [6.45, 7) is 4.51. The van der Waals surface area contributed by atoms with Crippen LogP contribution < -0.4 is 5.32 Å². The summed E-state index contributed by atoms with van der Waals surface area (Å²) in [4.78, 5) is 5.55. The van der Waals surface area contributed by atoms with Gasteiger partial charge in [-0.25, -0.2) is 0 Å². The number of aromatic nitrogens is 1. The van der Waals surface area contributed by atoms with E-state index in [0.717, 1.165) is 0 Å². The van der Waals surface area contributed by atoms with Crippen LogP contribution in [-0.2, 0) is 0 Å². The third-order valence-electron chi connectivity index (χ3n) is 2.58. The predicted octanol–water partition coefficient (Wildman–Crippen LogP) is 2.00. The van der Waals surface area contributed by atoms with Crippen molar-refractivity contribution in [3.63, 3.8) is 0 Å². The van der Waals surface area contributed by atoms with E-state index in [9.17, 15) is 0 Å². The summed E-state index contributed by atoms with van der Waals surface area (Å²) >= 11 is 1.77. The molecule has 3 heteroatoms. The minimum absolute atomic E-state index is 0.612. The van der Waals surface area contributed by atoms with E-state index in [0.29, 0.717) is 18.0 Å². The Bertz CT molecular complexity index is 245. The van der Waals surface area contributed by atoms with Gasteiger partial charge in [0.15, 0.2) is 0 Å². The van der Waals surface area contributed by atoms with Gasteiger partial charge in [-0.15, -0.1) is 11.3 Å². The van der Waals surface area contributed by atoms with Crippen molar-refractivity contribution in [3.8, 4) is 0 Å². The van der Waals surface area contributed by atoms with E-state index in [-0.39, 0.29) is 0 Å². The second kappa shape index (κ2) is 3.15. The van der Waals surface area contributed by atoms with Crippen molar-refractivity contribution in [1.29, 1.82) is 0 Å². The molecule has 1 aromatic rings. The average Bonchev–Trinajstić information content (AvgIpc) is 2.58. The van der Waals surface area contributed by atoms with Gasteiger partial charge in [-0.05, 0) is 20.3 Å². The lowest BCUT2D eigenvalue weighted by atomic mass is 9.99. The first kappa shape index (κ1) is 8.20. The smallest absolute Gasteiger partial charge is 0.0794 e. The lowest BCUT2D eigenvalue weighted by Gasteiger charge is -2.11. The Kier molecular flexibility index (Phi) is 2.15. The fourth-order valence-electron chi connectivity index (χ4n) is 1.99. The van der Waals surface area contributed by atoms with E-state index in [4.69, 9.17) is 0 Å². The lowest BCUT2D eigenvalue weighted by Crippen LogP contribution is -2.25. The largest absolute Gasteiger partial charge is 0.311 e. The third kappa shape index (κ3) is 1.39. The van der Waals surface area contributed by atoms with Gasteiger partial charge in [0, 0.05) is 29.1 Å². The molecular weight excluding hydrogens is 168 g/mol. The molecule has 0 amide bonds. The highest BCUT2D eigenvalue weighted by atomic mass is 32.1. The molecule has 3 atom stereocenters. The number of hydrogen-bond acceptors (Lipinski definition) is 3. The molecule has 1 fully saturated rings. The van der Waals surface area contributed by atoms with Crippen molar-refractivity contribution in [2.24, 2.45) is 0 Å². The van der Waals surface area contributed by atoms with Crippen molar-refractivity contribution >= 4 is 11.3 Å². The fourth-order valence-corrected chi connectivity index (χ4v) is 2.83. The van der Waals surface area contributed by atoms with Gasteiger partial charge < -0.3 is 5.32 Å². The fraction of sp³-hybridized carbons (Fsp3) is 0.667. The van der Waals surface area contributed by atoms with Crippen LogP contribution in [0.3, 0.4) is 0 Å². The summed E-state index contributed by atoms with van der Waals surface area (Å²) in [5.74, 6) is 0.687. The number of rotatable bonds is 1. The number of nitrogens with one attached hydrogen (secondary N) is 1. The summed E-state index contributed by atoms with van der Waals surface area (Å²) in [5.41, 5.74) is 1.92. The zero-order chi connectivity index (χ0) is 8.55. The van der Waals surface area contributed by atoms with Gasteiger partial charge in [-0.3, -0.25) is 4.98 Å². The Morgan fingerprint density at radius 2 is 2.42 bits per heavy atom. The van der Waals surface area contributed by atoms with E-state index in [1.807, 2.05) is 11.7 Å². The summed E-state index contributed by atoms with van der Waals surface area (Å²) < 4.78 is 0. The minimum atomic E-state index is 0.612. The molecule has 66 valence electrons. The molecule has 12 heavy (non-hydrogen) atoms. The van der Waals surface area contributed by atoms with Crippen LogP contribution in [0.5, 0.6) is 0 Å². The molecule has 2 nitrogen and oxygen atoms in total. The highest BCUT2D eigenvalue weighted by Crippen LogP contribution is 2.32. The molecule has 0 aliphatic carbocycles. The van der Waals surface area contributed by atoms with Crippen LogP contribution >= 0.6 is 11.3 Å². The maximum Gasteiger partial charge on any atom is 0.0794 e. The Labute approximate surface area is 77.0 Å². The average molecular weight is 182 g/mol. The zero-order valence-electron chi connectivity index (χ0n) is 7.45. The summed E-state index contributed by atoms with van der Waals surface area (Å²) in [6, 6.07) is 1.27. The Morgan fingerprint density at radius 1 is 1.58 bits per heavy atom. The maximum atomic E-state index is 4.12. The molecular formula is C9H14N2S. The van der Waals surface area contributed by atoms with Gasteiger partial charge in [0.05, 0.1) is 5.51 Å². The molecule has 3 unspecified atom stereocenters. The van der Waals surface area contributed by atoms with Gasteiger partial charge in [0.2, 0.25) is 0 Å². The zero-order valence-corrected chi connectivity index (χ0v) is 8.27. The molecule has 2 heterocycles. The van der Waals surface area contributed by atoms with Crippen LogP contribution in [0.15, 0.2) is 11.7 Å². The summed E-state index contributed by atoms with van der Waals surface area (Å²) in [5, 5.41) is 3.53. The van der Waals surface area contributed by atoms with Crippen molar-refractivity contribution in [2.75, 3.05) is 0 Å². The highest BCUT2D eigenvalue weighted by molar-refractivity contribution is 7.09. The first-order chi connectivity index (χ1) is 5.77. The van der Waals surface area contributed by atoms with E-state index in [2.05, 4.69) is 24.1 Å². The summed E-state index contributed by atoms with van der Waals surface area (Å²) in [6.07, 6.45) is 3.26. The number of thiazole rings is 1. The minimum Gasteiger partial charge on any atom is -0.311 e. The third-order valence-corrected chi connectivity index (χ3v) is 3.48. The van der Waals surface area contributed by atoms with Crippen LogP contribution in [-0.4, -0.2) is 17.1 Å². The van der Waals surface area contributed by atoms with Crippen LogP contribution in [0.2, 0.25) is 0 Å². The van der Waals surface area contributed by atoms with Crippen LogP contribution in [0.1, 0.15) is 31.1 Å². The molecule has 1 saturated heterocycles. The molecule has 0 saturated carbocycles.